The number of benzene rings is 3. The van der Waals surface area contributed by atoms with Crippen LogP contribution in [-0.4, -0.2) is 11.4 Å². The Balaban J connectivity index is 2.27. The first-order valence-electron chi connectivity index (χ1n) is 12.2. The van der Waals surface area contributed by atoms with Crippen LogP contribution >= 0.6 is 0 Å². The van der Waals surface area contributed by atoms with Crippen LogP contribution in [-0.2, 0) is 17.3 Å². The van der Waals surface area contributed by atoms with Crippen LogP contribution in [0.4, 0.5) is 0 Å². The lowest BCUT2D eigenvalue weighted by Crippen LogP contribution is -2.14. The predicted octanol–water partition coefficient (Wildman–Crippen LogP) is 8.83. The van der Waals surface area contributed by atoms with Crippen molar-refractivity contribution in [2.75, 3.05) is 0 Å². The van der Waals surface area contributed by atoms with E-state index in [1.165, 1.54) is 33.4 Å². The van der Waals surface area contributed by atoms with Crippen molar-refractivity contribution in [2.45, 2.75) is 79.6 Å². The smallest absolute Gasteiger partial charge is 0.0562 e. The van der Waals surface area contributed by atoms with Crippen molar-refractivity contribution in [3.63, 3.8) is 0 Å². The van der Waals surface area contributed by atoms with E-state index in [1.807, 2.05) is 0 Å². The van der Waals surface area contributed by atoms with Crippen LogP contribution in [0.1, 0.15) is 76.3 Å². The Bertz CT molecular complexity index is 1210. The van der Waals surface area contributed by atoms with Gasteiger partial charge in [0.05, 0.1) is 5.71 Å². The Morgan fingerprint density at radius 3 is 1.56 bits per heavy atom. The molecule has 0 amide bonds. The lowest BCUT2D eigenvalue weighted by molar-refractivity contribution is 0.590. The van der Waals surface area contributed by atoms with Crippen molar-refractivity contribution in [3.05, 3.63) is 82.4 Å². The molecule has 2 heteroatoms. The highest BCUT2D eigenvalue weighted by Gasteiger charge is 2.21. The Kier molecular flexibility index (Phi) is 7.03. The molecular weight excluding hydrogens is 412 g/mol. The highest BCUT2D eigenvalue weighted by Crippen LogP contribution is 2.39. The molecule has 0 bridgehead atoms. The minimum atomic E-state index is 0.0996. The summed E-state index contributed by atoms with van der Waals surface area (Å²) in [6.45, 7) is 19.5. The third-order valence-electron chi connectivity index (χ3n) is 6.86. The van der Waals surface area contributed by atoms with Gasteiger partial charge in [-0.15, -0.1) is 0 Å². The summed E-state index contributed by atoms with van der Waals surface area (Å²) in [6, 6.07) is 20.0. The van der Waals surface area contributed by atoms with E-state index < -0.39 is 0 Å². The van der Waals surface area contributed by atoms with Gasteiger partial charge in [0.25, 0.3) is 0 Å². The fourth-order valence-electron chi connectivity index (χ4n) is 4.40. The van der Waals surface area contributed by atoms with Gasteiger partial charge in [0.15, 0.2) is 0 Å². The van der Waals surface area contributed by atoms with Crippen molar-refractivity contribution >= 4 is 11.4 Å². The molecule has 178 valence electrons. The van der Waals surface area contributed by atoms with Crippen LogP contribution in [0.5, 0.6) is 0 Å². The molecule has 0 fully saturated rings. The van der Waals surface area contributed by atoms with Crippen molar-refractivity contribution in [1.29, 1.82) is 10.8 Å². The average molecular weight is 453 g/mol. The van der Waals surface area contributed by atoms with E-state index >= 15 is 0 Å². The second-order valence-electron chi connectivity index (χ2n) is 11.7. The Morgan fingerprint density at radius 2 is 1.15 bits per heavy atom. The Hall–Kier alpha value is -3.00. The fraction of sp³-hybridized carbons (Fsp3) is 0.375. The van der Waals surface area contributed by atoms with Gasteiger partial charge in [0, 0.05) is 12.1 Å². The Labute approximate surface area is 206 Å². The van der Waals surface area contributed by atoms with Gasteiger partial charge in [0.1, 0.15) is 0 Å². The van der Waals surface area contributed by atoms with Gasteiger partial charge in [0.2, 0.25) is 0 Å². The van der Waals surface area contributed by atoms with Crippen molar-refractivity contribution in [1.82, 2.24) is 0 Å². The lowest BCUT2D eigenvalue weighted by Gasteiger charge is -2.23. The van der Waals surface area contributed by atoms with Gasteiger partial charge in [-0.05, 0) is 81.7 Å². The maximum Gasteiger partial charge on any atom is 0.0562 e. The maximum atomic E-state index is 8.53. The van der Waals surface area contributed by atoms with Gasteiger partial charge >= 0.3 is 0 Å². The van der Waals surface area contributed by atoms with Crippen molar-refractivity contribution in [2.24, 2.45) is 0 Å². The molecule has 0 aliphatic carbocycles. The van der Waals surface area contributed by atoms with Gasteiger partial charge < -0.3 is 10.8 Å². The van der Waals surface area contributed by atoms with E-state index in [-0.39, 0.29) is 10.8 Å². The molecule has 2 N–H and O–H groups in total. The highest BCUT2D eigenvalue weighted by atomic mass is 14.5. The number of hydrogen-bond donors (Lipinski definition) is 2. The quantitative estimate of drug-likeness (QED) is 0.363. The summed E-state index contributed by atoms with van der Waals surface area (Å²) in [5.41, 5.74) is 11.8. The van der Waals surface area contributed by atoms with Crippen LogP contribution in [0.15, 0.2) is 54.6 Å². The predicted molar refractivity (Wildman–Crippen MR) is 149 cm³/mol. The van der Waals surface area contributed by atoms with Gasteiger partial charge in [-0.3, -0.25) is 0 Å². The summed E-state index contributed by atoms with van der Waals surface area (Å²) >= 11 is 0. The number of nitrogens with one attached hydrogen (secondary N) is 2. The molecule has 0 radical (unpaired) electrons. The summed E-state index contributed by atoms with van der Waals surface area (Å²) in [4.78, 5) is 0. The zero-order valence-corrected chi connectivity index (χ0v) is 22.4. The fourth-order valence-corrected chi connectivity index (χ4v) is 4.40. The topological polar surface area (TPSA) is 47.7 Å². The second kappa shape index (κ2) is 9.33. The zero-order valence-electron chi connectivity index (χ0n) is 22.4. The first-order chi connectivity index (χ1) is 15.7. The van der Waals surface area contributed by atoms with E-state index in [9.17, 15) is 0 Å². The molecule has 0 atom stereocenters. The van der Waals surface area contributed by atoms with Gasteiger partial charge in [-0.1, -0.05) is 96.1 Å². The standard InChI is InChI=1S/C32H40N2/c1-20-18-27(23-10-14-25(15-11-23)31(4,5)6)28(19-29(34)22(3)33)30(21(20)2)24-12-16-26(17-13-24)32(7,8)9/h10-18,33-34H,19H2,1-9H3. The monoisotopic (exact) mass is 452 g/mol. The third-order valence-corrected chi connectivity index (χ3v) is 6.86. The Morgan fingerprint density at radius 1 is 0.706 bits per heavy atom. The molecule has 3 rings (SSSR count). The molecule has 3 aromatic carbocycles. The first-order valence-corrected chi connectivity index (χ1v) is 12.2. The van der Waals surface area contributed by atoms with Crippen molar-refractivity contribution in [3.8, 4) is 22.3 Å². The highest BCUT2D eigenvalue weighted by molar-refractivity contribution is 6.39. The summed E-state index contributed by atoms with van der Waals surface area (Å²) in [5.74, 6) is 0. The van der Waals surface area contributed by atoms with E-state index in [2.05, 4.69) is 110 Å². The van der Waals surface area contributed by atoms with Crippen LogP contribution in [0, 0.1) is 24.7 Å². The molecular formula is C32H40N2. The molecule has 0 spiro atoms. The molecule has 2 nitrogen and oxygen atoms in total. The number of hydrogen-bond acceptors (Lipinski definition) is 2. The summed E-state index contributed by atoms with van der Waals surface area (Å²) in [5, 5.41) is 16.6. The normalized spacial score (nSPS) is 12.0. The summed E-state index contributed by atoms with van der Waals surface area (Å²) in [7, 11) is 0. The van der Waals surface area contributed by atoms with E-state index in [0.29, 0.717) is 17.8 Å². The molecule has 0 aliphatic rings. The molecule has 3 aromatic rings. The van der Waals surface area contributed by atoms with Crippen LogP contribution in [0.25, 0.3) is 22.3 Å². The van der Waals surface area contributed by atoms with Crippen LogP contribution in [0.2, 0.25) is 0 Å². The molecule has 34 heavy (non-hydrogen) atoms. The summed E-state index contributed by atoms with van der Waals surface area (Å²) in [6.07, 6.45) is 0.448. The molecule has 0 heterocycles. The average Bonchev–Trinajstić information content (AvgIpc) is 2.75. The second-order valence-corrected chi connectivity index (χ2v) is 11.7. The summed E-state index contributed by atoms with van der Waals surface area (Å²) < 4.78 is 0. The van der Waals surface area contributed by atoms with E-state index in [1.54, 1.807) is 6.92 Å². The van der Waals surface area contributed by atoms with E-state index in [4.69, 9.17) is 10.8 Å². The van der Waals surface area contributed by atoms with Gasteiger partial charge in [-0.2, -0.15) is 0 Å². The van der Waals surface area contributed by atoms with Crippen LogP contribution < -0.4 is 0 Å². The minimum Gasteiger partial charge on any atom is -0.304 e. The molecule has 0 aliphatic heterocycles. The van der Waals surface area contributed by atoms with E-state index in [0.717, 1.165) is 16.7 Å². The van der Waals surface area contributed by atoms with Gasteiger partial charge in [-0.25, -0.2) is 0 Å². The third kappa shape index (κ3) is 5.38. The zero-order chi connectivity index (χ0) is 25.4. The minimum absolute atomic E-state index is 0.0996. The molecule has 0 unspecified atom stereocenters. The first kappa shape index (κ1) is 25.6. The maximum absolute atomic E-state index is 8.53. The molecule has 0 aromatic heterocycles. The van der Waals surface area contributed by atoms with Crippen LogP contribution in [0.3, 0.4) is 0 Å². The molecule has 0 saturated carbocycles. The van der Waals surface area contributed by atoms with Crippen molar-refractivity contribution < 1.29 is 0 Å². The molecule has 0 saturated heterocycles. The largest absolute Gasteiger partial charge is 0.304 e. The SMILES string of the molecule is CC(=N)C(=N)Cc1c(-c2ccc(C(C)(C)C)cc2)cc(C)c(C)c1-c1ccc(C(C)(C)C)cc1. The number of rotatable bonds is 5. The lowest BCUT2D eigenvalue weighted by atomic mass is 9.81. The number of aryl methyl sites for hydroxylation is 1.